The second-order valence-corrected chi connectivity index (χ2v) is 1.66. The first-order valence-electron chi connectivity index (χ1n) is 2.50. The molecule has 1 radical (unpaired) electrons. The molecule has 0 spiro atoms. The van der Waals surface area contributed by atoms with Gasteiger partial charge in [0.1, 0.15) is 0 Å². The maximum Gasteiger partial charge on any atom is 0.0977 e. The molecule has 8 heavy (non-hydrogen) atoms. The minimum absolute atomic E-state index is 0.701. The SMILES string of the molecule is [CH2]/C=C/C(O)C(C)O. The maximum absolute atomic E-state index is 8.75. The molecule has 0 saturated carbocycles. The lowest BCUT2D eigenvalue weighted by Gasteiger charge is -2.06. The van der Waals surface area contributed by atoms with Crippen molar-refractivity contribution in [3.8, 4) is 0 Å². The number of allylic oxidation sites excluding steroid dienone is 1. The van der Waals surface area contributed by atoms with Crippen molar-refractivity contribution >= 4 is 0 Å². The molecule has 0 rings (SSSR count). The van der Waals surface area contributed by atoms with Gasteiger partial charge in [-0.25, -0.2) is 0 Å². The van der Waals surface area contributed by atoms with E-state index in [1.165, 1.54) is 19.1 Å². The quantitative estimate of drug-likeness (QED) is 0.536. The van der Waals surface area contributed by atoms with Crippen LogP contribution in [0.15, 0.2) is 12.2 Å². The van der Waals surface area contributed by atoms with Crippen LogP contribution in [0.2, 0.25) is 0 Å². The molecule has 2 atom stereocenters. The van der Waals surface area contributed by atoms with Gasteiger partial charge < -0.3 is 10.2 Å². The van der Waals surface area contributed by atoms with Crippen LogP contribution in [0.3, 0.4) is 0 Å². The van der Waals surface area contributed by atoms with E-state index in [0.29, 0.717) is 0 Å². The third kappa shape index (κ3) is 2.77. The van der Waals surface area contributed by atoms with Crippen molar-refractivity contribution in [2.24, 2.45) is 0 Å². The van der Waals surface area contributed by atoms with Crippen LogP contribution in [-0.2, 0) is 0 Å². The predicted octanol–water partition coefficient (Wildman–Crippen LogP) is 0.118. The van der Waals surface area contributed by atoms with Crippen molar-refractivity contribution in [1.29, 1.82) is 0 Å². The van der Waals surface area contributed by atoms with Crippen molar-refractivity contribution in [3.63, 3.8) is 0 Å². The van der Waals surface area contributed by atoms with E-state index >= 15 is 0 Å². The van der Waals surface area contributed by atoms with Gasteiger partial charge in [-0.2, -0.15) is 0 Å². The predicted molar refractivity (Wildman–Crippen MR) is 32.2 cm³/mol. The number of hydrogen-bond acceptors (Lipinski definition) is 2. The van der Waals surface area contributed by atoms with E-state index in [1.54, 1.807) is 0 Å². The van der Waals surface area contributed by atoms with Gasteiger partial charge in [0, 0.05) is 0 Å². The van der Waals surface area contributed by atoms with Crippen molar-refractivity contribution in [1.82, 2.24) is 0 Å². The molecular formula is C6H11O2. The third-order valence-electron chi connectivity index (χ3n) is 0.828. The summed E-state index contributed by atoms with van der Waals surface area (Å²) in [6, 6.07) is 0. The van der Waals surface area contributed by atoms with Crippen LogP contribution in [0.4, 0.5) is 0 Å². The van der Waals surface area contributed by atoms with Gasteiger partial charge in [-0.3, -0.25) is 0 Å². The van der Waals surface area contributed by atoms with E-state index in [2.05, 4.69) is 6.92 Å². The highest BCUT2D eigenvalue weighted by molar-refractivity contribution is 4.92. The zero-order valence-corrected chi connectivity index (χ0v) is 4.91. The Morgan fingerprint density at radius 3 is 2.12 bits per heavy atom. The molecule has 2 N–H and O–H groups in total. The smallest absolute Gasteiger partial charge is 0.0977 e. The van der Waals surface area contributed by atoms with Crippen molar-refractivity contribution < 1.29 is 10.2 Å². The van der Waals surface area contributed by atoms with Gasteiger partial charge in [-0.15, -0.1) is 0 Å². The van der Waals surface area contributed by atoms with Gasteiger partial charge in [-0.05, 0) is 13.8 Å². The molecule has 2 unspecified atom stereocenters. The molecule has 0 aliphatic carbocycles. The summed E-state index contributed by atoms with van der Waals surface area (Å²) in [4.78, 5) is 0. The average Bonchev–Trinajstić information content (AvgIpc) is 1.67. The second-order valence-electron chi connectivity index (χ2n) is 1.66. The number of rotatable bonds is 2. The zero-order valence-electron chi connectivity index (χ0n) is 4.91. The van der Waals surface area contributed by atoms with Crippen LogP contribution in [0.5, 0.6) is 0 Å². The maximum atomic E-state index is 8.75. The van der Waals surface area contributed by atoms with Crippen molar-refractivity contribution in [2.45, 2.75) is 19.1 Å². The Morgan fingerprint density at radius 1 is 1.50 bits per heavy atom. The summed E-state index contributed by atoms with van der Waals surface area (Å²) in [5.74, 6) is 0. The lowest BCUT2D eigenvalue weighted by atomic mass is 10.2. The van der Waals surface area contributed by atoms with Crippen LogP contribution < -0.4 is 0 Å². The first-order chi connectivity index (χ1) is 3.68. The summed E-state index contributed by atoms with van der Waals surface area (Å²) >= 11 is 0. The number of aliphatic hydroxyl groups is 2. The van der Waals surface area contributed by atoms with Crippen LogP contribution in [0, 0.1) is 6.92 Å². The zero-order chi connectivity index (χ0) is 6.57. The molecule has 2 nitrogen and oxygen atoms in total. The Morgan fingerprint density at radius 2 is 2.00 bits per heavy atom. The van der Waals surface area contributed by atoms with Crippen LogP contribution >= 0.6 is 0 Å². The van der Waals surface area contributed by atoms with Crippen molar-refractivity contribution in [2.75, 3.05) is 0 Å². The standard InChI is InChI=1S/C6H11O2/c1-3-4-6(8)5(2)7/h3-8H,1H2,2H3/b4-3+. The van der Waals surface area contributed by atoms with E-state index in [4.69, 9.17) is 10.2 Å². The van der Waals surface area contributed by atoms with E-state index in [0.717, 1.165) is 0 Å². The minimum atomic E-state index is -0.771. The molecular weight excluding hydrogens is 104 g/mol. The van der Waals surface area contributed by atoms with Crippen LogP contribution in [0.1, 0.15) is 6.92 Å². The molecule has 2 heteroatoms. The first-order valence-corrected chi connectivity index (χ1v) is 2.50. The fraction of sp³-hybridized carbons (Fsp3) is 0.500. The second kappa shape index (κ2) is 3.64. The van der Waals surface area contributed by atoms with Gasteiger partial charge in [-0.1, -0.05) is 12.2 Å². The van der Waals surface area contributed by atoms with Gasteiger partial charge in [0.2, 0.25) is 0 Å². The van der Waals surface area contributed by atoms with Gasteiger partial charge >= 0.3 is 0 Å². The largest absolute Gasteiger partial charge is 0.390 e. The molecule has 0 aromatic heterocycles. The Balaban J connectivity index is 3.47. The molecule has 0 fully saturated rings. The Kier molecular flexibility index (Phi) is 3.48. The fourth-order valence-corrected chi connectivity index (χ4v) is 0.300. The van der Waals surface area contributed by atoms with Crippen molar-refractivity contribution in [3.05, 3.63) is 19.1 Å². The van der Waals surface area contributed by atoms with E-state index in [1.807, 2.05) is 0 Å². The molecule has 0 saturated heterocycles. The highest BCUT2D eigenvalue weighted by atomic mass is 16.3. The highest BCUT2D eigenvalue weighted by Crippen LogP contribution is 1.91. The van der Waals surface area contributed by atoms with Gasteiger partial charge in [0.05, 0.1) is 12.2 Å². The summed E-state index contributed by atoms with van der Waals surface area (Å²) in [6.45, 7) is 4.87. The molecule has 0 amide bonds. The number of aliphatic hydroxyl groups excluding tert-OH is 2. The highest BCUT2D eigenvalue weighted by Gasteiger charge is 2.03. The Bertz CT molecular complexity index is 76.6. The molecule has 0 heterocycles. The van der Waals surface area contributed by atoms with E-state index in [9.17, 15) is 0 Å². The molecule has 0 aromatic rings. The Labute approximate surface area is 49.5 Å². The monoisotopic (exact) mass is 115 g/mol. The van der Waals surface area contributed by atoms with Gasteiger partial charge in [0.25, 0.3) is 0 Å². The molecule has 0 bridgehead atoms. The van der Waals surface area contributed by atoms with E-state index in [-0.39, 0.29) is 0 Å². The third-order valence-corrected chi connectivity index (χ3v) is 0.828. The minimum Gasteiger partial charge on any atom is -0.390 e. The Hall–Kier alpha value is -0.340. The summed E-state index contributed by atoms with van der Waals surface area (Å²) < 4.78 is 0. The molecule has 0 aliphatic heterocycles. The fourth-order valence-electron chi connectivity index (χ4n) is 0.300. The summed E-state index contributed by atoms with van der Waals surface area (Å²) in [5.41, 5.74) is 0. The molecule has 0 aromatic carbocycles. The summed E-state index contributed by atoms with van der Waals surface area (Å²) in [6.07, 6.45) is 1.42. The van der Waals surface area contributed by atoms with E-state index < -0.39 is 12.2 Å². The van der Waals surface area contributed by atoms with Crippen LogP contribution in [0.25, 0.3) is 0 Å². The summed E-state index contributed by atoms with van der Waals surface area (Å²) in [7, 11) is 0. The molecule has 47 valence electrons. The lowest BCUT2D eigenvalue weighted by Crippen LogP contribution is -2.19. The van der Waals surface area contributed by atoms with Crippen LogP contribution in [-0.4, -0.2) is 22.4 Å². The topological polar surface area (TPSA) is 40.5 Å². The average molecular weight is 115 g/mol. The first kappa shape index (κ1) is 7.66. The molecule has 0 aliphatic rings. The lowest BCUT2D eigenvalue weighted by molar-refractivity contribution is 0.0619. The number of hydrogen-bond donors (Lipinski definition) is 2. The normalized spacial score (nSPS) is 19.0. The van der Waals surface area contributed by atoms with Gasteiger partial charge in [0.15, 0.2) is 0 Å². The summed E-state index contributed by atoms with van der Waals surface area (Å²) in [5, 5.41) is 17.4.